The molecule has 1 heterocycles. The summed E-state index contributed by atoms with van der Waals surface area (Å²) in [7, 11) is 0. The molecule has 3 rings (SSSR count). The van der Waals surface area contributed by atoms with Crippen molar-refractivity contribution in [3.63, 3.8) is 0 Å². The second kappa shape index (κ2) is 8.55. The first-order valence-electron chi connectivity index (χ1n) is 8.99. The summed E-state index contributed by atoms with van der Waals surface area (Å²) in [6.45, 7) is 4.24. The highest BCUT2D eigenvalue weighted by molar-refractivity contribution is 5.80. The molecule has 0 fully saturated rings. The third kappa shape index (κ3) is 4.57. The average molecular weight is 364 g/mol. The van der Waals surface area contributed by atoms with Crippen LogP contribution in [0.25, 0.3) is 11.4 Å². The number of tetrazole rings is 1. The van der Waals surface area contributed by atoms with Crippen molar-refractivity contribution in [1.82, 2.24) is 25.5 Å². The SMILES string of the molecule is CC(C)C(C(=O)NCC(N)c1ccccc1)n1nnc(-c2ccccc2)n1. The number of benzene rings is 2. The van der Waals surface area contributed by atoms with E-state index in [-0.39, 0.29) is 17.9 Å². The number of carbonyl (C=O) groups is 1. The van der Waals surface area contributed by atoms with E-state index in [1.54, 1.807) is 0 Å². The molecule has 27 heavy (non-hydrogen) atoms. The molecule has 0 bridgehead atoms. The molecule has 0 radical (unpaired) electrons. The van der Waals surface area contributed by atoms with Gasteiger partial charge in [-0.1, -0.05) is 74.5 Å². The lowest BCUT2D eigenvalue weighted by atomic mass is 10.0. The molecule has 3 N–H and O–H groups in total. The van der Waals surface area contributed by atoms with E-state index in [1.165, 1.54) is 4.80 Å². The van der Waals surface area contributed by atoms with Crippen LogP contribution in [-0.2, 0) is 4.79 Å². The van der Waals surface area contributed by atoms with Crippen LogP contribution in [0.1, 0.15) is 31.5 Å². The van der Waals surface area contributed by atoms with Crippen molar-refractivity contribution in [1.29, 1.82) is 0 Å². The molecule has 0 aliphatic carbocycles. The van der Waals surface area contributed by atoms with Crippen LogP contribution in [-0.4, -0.2) is 32.7 Å². The van der Waals surface area contributed by atoms with Crippen LogP contribution in [0.2, 0.25) is 0 Å². The first-order chi connectivity index (χ1) is 13.1. The Morgan fingerprint density at radius 1 is 1.07 bits per heavy atom. The van der Waals surface area contributed by atoms with Gasteiger partial charge in [0.15, 0.2) is 6.04 Å². The van der Waals surface area contributed by atoms with Gasteiger partial charge in [-0.2, -0.15) is 4.80 Å². The van der Waals surface area contributed by atoms with Gasteiger partial charge in [-0.25, -0.2) is 0 Å². The minimum Gasteiger partial charge on any atom is -0.352 e. The minimum atomic E-state index is -0.557. The maximum Gasteiger partial charge on any atom is 0.247 e. The Morgan fingerprint density at radius 2 is 1.70 bits per heavy atom. The van der Waals surface area contributed by atoms with E-state index < -0.39 is 6.04 Å². The predicted octanol–water partition coefficient (Wildman–Crippen LogP) is 2.35. The Balaban J connectivity index is 1.70. The summed E-state index contributed by atoms with van der Waals surface area (Å²) in [6.07, 6.45) is 0. The molecule has 0 saturated heterocycles. The van der Waals surface area contributed by atoms with E-state index in [9.17, 15) is 4.79 Å². The van der Waals surface area contributed by atoms with E-state index in [0.717, 1.165) is 11.1 Å². The lowest BCUT2D eigenvalue weighted by Gasteiger charge is -2.20. The Kier molecular flexibility index (Phi) is 5.93. The number of rotatable bonds is 7. The summed E-state index contributed by atoms with van der Waals surface area (Å²) in [4.78, 5) is 14.2. The standard InChI is InChI=1S/C20H24N6O/c1-14(2)18(20(27)22-13-17(21)15-9-5-3-6-10-15)26-24-19(23-25-26)16-11-7-4-8-12-16/h3-12,14,17-18H,13,21H2,1-2H3,(H,22,27). The van der Waals surface area contributed by atoms with Gasteiger partial charge in [0.2, 0.25) is 11.7 Å². The highest BCUT2D eigenvalue weighted by atomic mass is 16.2. The summed E-state index contributed by atoms with van der Waals surface area (Å²) in [5.41, 5.74) is 8.01. The fraction of sp³-hybridized carbons (Fsp3) is 0.300. The topological polar surface area (TPSA) is 98.7 Å². The van der Waals surface area contributed by atoms with Gasteiger partial charge in [0.05, 0.1) is 0 Å². The molecule has 2 unspecified atom stereocenters. The summed E-state index contributed by atoms with van der Waals surface area (Å²) in [5.74, 6) is 0.319. The van der Waals surface area contributed by atoms with Gasteiger partial charge in [0, 0.05) is 18.2 Å². The molecule has 1 amide bonds. The van der Waals surface area contributed by atoms with E-state index >= 15 is 0 Å². The lowest BCUT2D eigenvalue weighted by molar-refractivity contribution is -0.126. The zero-order valence-corrected chi connectivity index (χ0v) is 15.5. The summed E-state index contributed by atoms with van der Waals surface area (Å²) in [6, 6.07) is 18.4. The smallest absolute Gasteiger partial charge is 0.247 e. The fourth-order valence-electron chi connectivity index (χ4n) is 2.85. The number of aromatic nitrogens is 4. The quantitative estimate of drug-likeness (QED) is 0.670. The largest absolute Gasteiger partial charge is 0.352 e. The molecule has 0 saturated carbocycles. The number of amides is 1. The molecule has 7 heteroatoms. The minimum absolute atomic E-state index is 0.00391. The molecule has 7 nitrogen and oxygen atoms in total. The van der Waals surface area contributed by atoms with Crippen molar-refractivity contribution < 1.29 is 4.79 Å². The first kappa shape index (κ1) is 18.7. The lowest BCUT2D eigenvalue weighted by Crippen LogP contribution is -2.39. The van der Waals surface area contributed by atoms with Gasteiger partial charge < -0.3 is 11.1 Å². The molecule has 2 aromatic carbocycles. The zero-order chi connectivity index (χ0) is 19.2. The van der Waals surface area contributed by atoms with Crippen LogP contribution in [0.3, 0.4) is 0 Å². The number of nitrogens with two attached hydrogens (primary N) is 1. The van der Waals surface area contributed by atoms with Gasteiger partial charge in [0.1, 0.15) is 0 Å². The number of carbonyl (C=O) groups excluding carboxylic acids is 1. The number of hydrogen-bond acceptors (Lipinski definition) is 5. The summed E-state index contributed by atoms with van der Waals surface area (Å²) >= 11 is 0. The monoisotopic (exact) mass is 364 g/mol. The van der Waals surface area contributed by atoms with Gasteiger partial charge >= 0.3 is 0 Å². The molecule has 2 atom stereocenters. The van der Waals surface area contributed by atoms with Crippen molar-refractivity contribution in [3.8, 4) is 11.4 Å². The van der Waals surface area contributed by atoms with Crippen molar-refractivity contribution in [2.75, 3.05) is 6.54 Å². The second-order valence-electron chi connectivity index (χ2n) is 6.75. The van der Waals surface area contributed by atoms with Crippen LogP contribution >= 0.6 is 0 Å². The number of hydrogen-bond donors (Lipinski definition) is 2. The van der Waals surface area contributed by atoms with E-state index in [0.29, 0.717) is 12.4 Å². The van der Waals surface area contributed by atoms with Crippen LogP contribution in [0, 0.1) is 5.92 Å². The maximum atomic E-state index is 12.8. The molecule has 0 spiro atoms. The van der Waals surface area contributed by atoms with Crippen LogP contribution < -0.4 is 11.1 Å². The highest BCUT2D eigenvalue weighted by Gasteiger charge is 2.27. The Bertz CT molecular complexity index is 862. The second-order valence-corrected chi connectivity index (χ2v) is 6.75. The number of nitrogens with zero attached hydrogens (tertiary/aromatic N) is 4. The fourth-order valence-corrected chi connectivity index (χ4v) is 2.85. The van der Waals surface area contributed by atoms with Crippen molar-refractivity contribution in [2.45, 2.75) is 25.9 Å². The van der Waals surface area contributed by atoms with Gasteiger partial charge in [-0.05, 0) is 16.7 Å². The first-order valence-corrected chi connectivity index (χ1v) is 8.99. The third-order valence-electron chi connectivity index (χ3n) is 4.33. The average Bonchev–Trinajstić information content (AvgIpc) is 3.17. The maximum absolute atomic E-state index is 12.8. The predicted molar refractivity (Wildman–Crippen MR) is 104 cm³/mol. The van der Waals surface area contributed by atoms with E-state index in [2.05, 4.69) is 20.7 Å². The van der Waals surface area contributed by atoms with Gasteiger partial charge in [-0.3, -0.25) is 4.79 Å². The molecule has 1 aromatic heterocycles. The summed E-state index contributed by atoms with van der Waals surface area (Å²) in [5, 5.41) is 15.5. The Morgan fingerprint density at radius 3 is 2.33 bits per heavy atom. The van der Waals surface area contributed by atoms with Gasteiger partial charge in [-0.15, -0.1) is 10.2 Å². The Hall–Kier alpha value is -3.06. The molecule has 140 valence electrons. The Labute approximate surface area is 158 Å². The molecular formula is C20H24N6O. The van der Waals surface area contributed by atoms with E-state index in [1.807, 2.05) is 74.5 Å². The van der Waals surface area contributed by atoms with Crippen LogP contribution in [0.5, 0.6) is 0 Å². The summed E-state index contributed by atoms with van der Waals surface area (Å²) < 4.78 is 0. The molecule has 0 aliphatic heterocycles. The zero-order valence-electron chi connectivity index (χ0n) is 15.5. The molecule has 0 aliphatic rings. The number of nitrogens with one attached hydrogen (secondary N) is 1. The molecular weight excluding hydrogens is 340 g/mol. The van der Waals surface area contributed by atoms with Crippen LogP contribution in [0.15, 0.2) is 60.7 Å². The van der Waals surface area contributed by atoms with E-state index in [4.69, 9.17) is 5.73 Å². The van der Waals surface area contributed by atoms with Gasteiger partial charge in [0.25, 0.3) is 0 Å². The van der Waals surface area contributed by atoms with Crippen molar-refractivity contribution in [3.05, 3.63) is 66.2 Å². The van der Waals surface area contributed by atoms with Crippen LogP contribution in [0.4, 0.5) is 0 Å². The highest BCUT2D eigenvalue weighted by Crippen LogP contribution is 2.19. The molecule has 3 aromatic rings. The van der Waals surface area contributed by atoms with Crippen molar-refractivity contribution in [2.24, 2.45) is 11.7 Å². The van der Waals surface area contributed by atoms with Crippen molar-refractivity contribution >= 4 is 5.91 Å². The third-order valence-corrected chi connectivity index (χ3v) is 4.33. The normalized spacial score (nSPS) is 13.3.